The van der Waals surface area contributed by atoms with Crippen molar-refractivity contribution in [2.24, 2.45) is 0 Å². The predicted octanol–water partition coefficient (Wildman–Crippen LogP) is 3.64. The highest BCUT2D eigenvalue weighted by Crippen LogP contribution is 2.45. The van der Waals surface area contributed by atoms with Crippen LogP contribution in [0.2, 0.25) is 0 Å². The molecule has 0 spiro atoms. The fraction of sp³-hybridized carbons (Fsp3) is 0.217. The van der Waals surface area contributed by atoms with Gasteiger partial charge in [-0.25, -0.2) is 4.98 Å². The molecule has 6 nitrogen and oxygen atoms in total. The van der Waals surface area contributed by atoms with Crippen LogP contribution in [0.25, 0.3) is 10.8 Å². The van der Waals surface area contributed by atoms with E-state index in [0.29, 0.717) is 5.69 Å². The Kier molecular flexibility index (Phi) is 4.72. The summed E-state index contributed by atoms with van der Waals surface area (Å²) in [6, 6.07) is 18.8. The maximum absolute atomic E-state index is 12.5. The second kappa shape index (κ2) is 7.35. The molecule has 1 aliphatic heterocycles. The Morgan fingerprint density at radius 2 is 1.69 bits per heavy atom. The molecule has 0 saturated carbocycles. The zero-order chi connectivity index (χ0) is 20.5. The molecule has 0 N–H and O–H groups in total. The highest BCUT2D eigenvalue weighted by Gasteiger charge is 2.44. The van der Waals surface area contributed by atoms with Crippen LogP contribution in [0.15, 0.2) is 54.7 Å². The van der Waals surface area contributed by atoms with Crippen molar-refractivity contribution in [3.8, 4) is 12.1 Å². The van der Waals surface area contributed by atoms with Gasteiger partial charge in [0.1, 0.15) is 24.0 Å². The van der Waals surface area contributed by atoms with Crippen LogP contribution in [0.4, 0.5) is 0 Å². The van der Waals surface area contributed by atoms with E-state index in [4.69, 9.17) is 4.74 Å². The number of benzene rings is 2. The number of hydrogen-bond donors (Lipinski definition) is 0. The molecule has 142 valence electrons. The fourth-order valence-electron chi connectivity index (χ4n) is 4.27. The summed E-state index contributed by atoms with van der Waals surface area (Å²) < 4.78 is 5.79. The van der Waals surface area contributed by atoms with Crippen molar-refractivity contribution in [2.45, 2.75) is 25.1 Å². The summed E-state index contributed by atoms with van der Waals surface area (Å²) in [6.45, 7) is 1.44. The molecule has 6 heteroatoms. The van der Waals surface area contributed by atoms with Crippen LogP contribution in [0.5, 0.6) is 0 Å². The van der Waals surface area contributed by atoms with Gasteiger partial charge < -0.3 is 4.74 Å². The monoisotopic (exact) mass is 382 g/mol. The Hall–Kier alpha value is -3.74. The van der Waals surface area contributed by atoms with Crippen LogP contribution in [0.1, 0.15) is 41.3 Å². The van der Waals surface area contributed by atoms with Crippen molar-refractivity contribution in [3.05, 3.63) is 77.1 Å². The lowest BCUT2D eigenvalue weighted by molar-refractivity contribution is -0.147. The topological polar surface area (TPSA) is 90.0 Å². The van der Waals surface area contributed by atoms with Crippen LogP contribution >= 0.6 is 0 Å². The van der Waals surface area contributed by atoms with Gasteiger partial charge in [-0.1, -0.05) is 48.5 Å². The molecule has 4 rings (SSSR count). The number of fused-ring (bicyclic) bond motifs is 2. The number of pyridine rings is 1. The minimum Gasteiger partial charge on any atom is -0.360 e. The number of aromatic nitrogens is 1. The summed E-state index contributed by atoms with van der Waals surface area (Å²) in [7, 11) is 1.54. The molecule has 2 heterocycles. The number of hydrogen-bond acceptors (Lipinski definition) is 5. The summed E-state index contributed by atoms with van der Waals surface area (Å²) >= 11 is 0. The van der Waals surface area contributed by atoms with Gasteiger partial charge in [-0.2, -0.15) is 10.5 Å². The second-order valence-electron chi connectivity index (χ2n) is 6.91. The number of carbonyl (C=O) groups excluding carboxylic acids is 1. The lowest BCUT2D eigenvalue weighted by Crippen LogP contribution is -2.49. The Bertz CT molecular complexity index is 1190. The van der Waals surface area contributed by atoms with Gasteiger partial charge in [-0.15, -0.1) is 0 Å². The first-order valence-corrected chi connectivity index (χ1v) is 9.20. The number of methoxy groups -OCH3 is 1. The van der Waals surface area contributed by atoms with E-state index >= 15 is 0 Å². The number of ether oxygens (including phenoxy) is 1. The predicted molar refractivity (Wildman–Crippen MR) is 106 cm³/mol. The van der Waals surface area contributed by atoms with E-state index in [0.717, 1.165) is 27.5 Å². The molecule has 1 amide bonds. The zero-order valence-electron chi connectivity index (χ0n) is 16.0. The molecule has 0 radical (unpaired) electrons. The third-order valence-corrected chi connectivity index (χ3v) is 5.46. The number of nitriles is 2. The molecule has 3 unspecified atom stereocenters. The van der Waals surface area contributed by atoms with Gasteiger partial charge in [-0.3, -0.25) is 9.69 Å². The highest BCUT2D eigenvalue weighted by molar-refractivity contribution is 5.90. The van der Waals surface area contributed by atoms with Crippen molar-refractivity contribution in [1.82, 2.24) is 9.88 Å². The Morgan fingerprint density at radius 1 is 1.03 bits per heavy atom. The number of nitrogens with zero attached hydrogens (tertiary/aromatic N) is 4. The van der Waals surface area contributed by atoms with Gasteiger partial charge in [0, 0.05) is 25.6 Å². The van der Waals surface area contributed by atoms with E-state index in [-0.39, 0.29) is 11.8 Å². The molecule has 0 fully saturated rings. The molecule has 1 aromatic heterocycles. The maximum atomic E-state index is 12.5. The van der Waals surface area contributed by atoms with E-state index in [1.54, 1.807) is 6.20 Å². The van der Waals surface area contributed by atoms with Crippen molar-refractivity contribution < 1.29 is 9.53 Å². The van der Waals surface area contributed by atoms with Gasteiger partial charge in [0.2, 0.25) is 5.91 Å². The molecule has 29 heavy (non-hydrogen) atoms. The van der Waals surface area contributed by atoms with Gasteiger partial charge in [0.05, 0.1) is 12.0 Å². The molecular weight excluding hydrogens is 364 g/mol. The minimum absolute atomic E-state index is 0.242. The normalized spacial score (nSPS) is 20.6. The minimum atomic E-state index is -0.734. The maximum Gasteiger partial charge on any atom is 0.222 e. The summed E-state index contributed by atoms with van der Waals surface area (Å²) in [5, 5.41) is 20.9. The zero-order valence-corrected chi connectivity index (χ0v) is 16.0. The molecule has 0 aliphatic carbocycles. The number of amides is 1. The van der Waals surface area contributed by atoms with Crippen molar-refractivity contribution in [2.75, 3.05) is 7.11 Å². The summed E-state index contributed by atoms with van der Waals surface area (Å²) in [5.41, 5.74) is 2.89. The first-order valence-electron chi connectivity index (χ1n) is 9.20. The van der Waals surface area contributed by atoms with Gasteiger partial charge in [0.15, 0.2) is 0 Å². The summed E-state index contributed by atoms with van der Waals surface area (Å²) in [6.07, 6.45) is 1.00. The van der Waals surface area contributed by atoms with Crippen LogP contribution < -0.4 is 0 Å². The van der Waals surface area contributed by atoms with Crippen LogP contribution in [0, 0.1) is 22.7 Å². The lowest BCUT2D eigenvalue weighted by Gasteiger charge is -2.44. The van der Waals surface area contributed by atoms with Crippen LogP contribution in [-0.2, 0) is 9.53 Å². The van der Waals surface area contributed by atoms with E-state index in [1.807, 2.05) is 48.5 Å². The average molecular weight is 382 g/mol. The van der Waals surface area contributed by atoms with Gasteiger partial charge >= 0.3 is 0 Å². The second-order valence-corrected chi connectivity index (χ2v) is 6.91. The summed E-state index contributed by atoms with van der Waals surface area (Å²) in [4.78, 5) is 18.4. The van der Waals surface area contributed by atoms with Gasteiger partial charge in [0.25, 0.3) is 0 Å². The SMILES string of the molecule is COC1C(c2cnc(C#N)c3ccccc23)c2ccccc2C(C#N)N1C(C)=O. The van der Waals surface area contributed by atoms with Crippen molar-refractivity contribution >= 4 is 16.7 Å². The first-order chi connectivity index (χ1) is 14.1. The quantitative estimate of drug-likeness (QED) is 0.675. The third-order valence-electron chi connectivity index (χ3n) is 5.46. The van der Waals surface area contributed by atoms with Crippen molar-refractivity contribution in [3.63, 3.8) is 0 Å². The van der Waals surface area contributed by atoms with Gasteiger partial charge in [-0.05, 0) is 22.1 Å². The number of rotatable bonds is 2. The molecule has 2 aromatic carbocycles. The highest BCUT2D eigenvalue weighted by atomic mass is 16.5. The molecule has 1 aliphatic rings. The van der Waals surface area contributed by atoms with E-state index in [1.165, 1.54) is 18.9 Å². The van der Waals surface area contributed by atoms with E-state index < -0.39 is 12.3 Å². The van der Waals surface area contributed by atoms with Crippen LogP contribution in [0.3, 0.4) is 0 Å². The summed E-state index contributed by atoms with van der Waals surface area (Å²) in [5.74, 6) is -0.594. The average Bonchev–Trinajstić information content (AvgIpc) is 2.76. The number of carbonyl (C=O) groups is 1. The molecule has 3 aromatic rings. The smallest absolute Gasteiger partial charge is 0.222 e. The lowest BCUT2D eigenvalue weighted by atomic mass is 9.79. The molecule has 0 bridgehead atoms. The van der Waals surface area contributed by atoms with Crippen LogP contribution in [-0.4, -0.2) is 29.1 Å². The fourth-order valence-corrected chi connectivity index (χ4v) is 4.27. The molecule has 0 saturated heterocycles. The largest absolute Gasteiger partial charge is 0.360 e. The Balaban J connectivity index is 2.05. The standard InChI is InChI=1S/C23H18N4O2/c1-14(28)27-21(12-25)17-9-5-6-10-18(17)22(23(27)29-2)19-13-26-20(11-24)16-8-4-3-7-15(16)19/h3-10,13,21-23H,1-2H3. The molecule has 3 atom stereocenters. The van der Waals surface area contributed by atoms with E-state index in [2.05, 4.69) is 17.1 Å². The van der Waals surface area contributed by atoms with E-state index in [9.17, 15) is 15.3 Å². The Morgan fingerprint density at radius 3 is 2.31 bits per heavy atom. The first kappa shape index (κ1) is 18.6. The molecular formula is C23H18N4O2. The van der Waals surface area contributed by atoms with Crippen molar-refractivity contribution in [1.29, 1.82) is 10.5 Å². The Labute approximate surface area is 168 Å². The third kappa shape index (κ3) is 2.82.